The highest BCUT2D eigenvalue weighted by Gasteiger charge is 2.10. The van der Waals surface area contributed by atoms with E-state index >= 15 is 0 Å². The van der Waals surface area contributed by atoms with E-state index in [4.69, 9.17) is 15.0 Å². The minimum absolute atomic E-state index is 0.117. The Hall–Kier alpha value is -1.54. The number of benzene rings is 1. The van der Waals surface area contributed by atoms with Gasteiger partial charge in [-0.2, -0.15) is 4.98 Å². The van der Waals surface area contributed by atoms with Crippen LogP contribution in [0.3, 0.4) is 0 Å². The van der Waals surface area contributed by atoms with Gasteiger partial charge in [0.1, 0.15) is 6.61 Å². The van der Waals surface area contributed by atoms with Crippen molar-refractivity contribution in [2.75, 3.05) is 18.9 Å². The van der Waals surface area contributed by atoms with Gasteiger partial charge in [0.15, 0.2) is 5.82 Å². The van der Waals surface area contributed by atoms with Crippen molar-refractivity contribution in [1.82, 2.24) is 10.1 Å². The fourth-order valence-corrected chi connectivity index (χ4v) is 1.73. The fraction of sp³-hybridized carbons (Fsp3) is 0.333. The molecule has 8 heteroatoms. The van der Waals surface area contributed by atoms with Crippen molar-refractivity contribution < 1.29 is 18.0 Å². The zero-order valence-electron chi connectivity index (χ0n) is 10.4. The summed E-state index contributed by atoms with van der Waals surface area (Å²) in [7, 11) is 0. The number of nitrogen functional groups attached to an aromatic ring is 1. The second kappa shape index (κ2) is 6.76. The molecule has 1 aromatic heterocycles. The molecule has 108 valence electrons. The van der Waals surface area contributed by atoms with Crippen molar-refractivity contribution in [2.45, 2.75) is 12.8 Å². The molecule has 0 amide bonds. The van der Waals surface area contributed by atoms with Gasteiger partial charge in [-0.05, 0) is 34.1 Å². The Bertz CT molecular complexity index is 578. The maximum Gasteiger partial charge on any atom is 0.261 e. The van der Waals surface area contributed by atoms with Crippen LogP contribution in [0, 0.1) is 0 Å². The second-order valence-corrected chi connectivity index (χ2v) is 4.82. The molecule has 2 aromatic rings. The predicted molar refractivity (Wildman–Crippen MR) is 72.4 cm³/mol. The van der Waals surface area contributed by atoms with Crippen molar-refractivity contribution in [2.24, 2.45) is 0 Å². The Morgan fingerprint density at radius 2 is 2.20 bits per heavy atom. The minimum atomic E-state index is -2.47. The lowest BCUT2D eigenvalue weighted by molar-refractivity contribution is 0.0182. The highest BCUT2D eigenvalue weighted by molar-refractivity contribution is 9.10. The predicted octanol–water partition coefficient (Wildman–Crippen LogP) is 2.91. The smallest absolute Gasteiger partial charge is 0.261 e. The van der Waals surface area contributed by atoms with Crippen molar-refractivity contribution in [3.8, 4) is 11.5 Å². The van der Waals surface area contributed by atoms with Gasteiger partial charge < -0.3 is 15.0 Å². The number of hydrogen-bond acceptors (Lipinski definition) is 5. The first-order valence-electron chi connectivity index (χ1n) is 5.80. The van der Waals surface area contributed by atoms with Gasteiger partial charge in [0.2, 0.25) is 0 Å². The lowest BCUT2D eigenvalue weighted by atomic mass is 10.2. The summed E-state index contributed by atoms with van der Waals surface area (Å²) in [5.41, 5.74) is 7.01. The van der Waals surface area contributed by atoms with Crippen LogP contribution in [-0.2, 0) is 11.2 Å². The lowest BCUT2D eigenvalue weighted by Crippen LogP contribution is -2.07. The molecule has 0 spiro atoms. The third-order valence-corrected chi connectivity index (χ3v) is 3.15. The molecular weight excluding hydrogens is 336 g/mol. The first-order valence-corrected chi connectivity index (χ1v) is 6.59. The summed E-state index contributed by atoms with van der Waals surface area (Å²) in [5, 5.41) is 3.76. The Kier molecular flexibility index (Phi) is 5.02. The second-order valence-electron chi connectivity index (χ2n) is 3.97. The number of rotatable bonds is 6. The van der Waals surface area contributed by atoms with Gasteiger partial charge in [-0.3, -0.25) is 0 Å². The monoisotopic (exact) mass is 347 g/mol. The zero-order chi connectivity index (χ0) is 14.5. The lowest BCUT2D eigenvalue weighted by Gasteiger charge is -2.00. The van der Waals surface area contributed by atoms with Gasteiger partial charge >= 0.3 is 0 Å². The van der Waals surface area contributed by atoms with E-state index in [0.717, 1.165) is 4.47 Å². The van der Waals surface area contributed by atoms with E-state index in [0.29, 0.717) is 29.4 Å². The molecule has 0 bridgehead atoms. The number of hydrogen-bond donors (Lipinski definition) is 1. The molecule has 0 radical (unpaired) electrons. The number of alkyl halides is 2. The van der Waals surface area contributed by atoms with Crippen LogP contribution < -0.4 is 5.73 Å². The molecule has 2 N–H and O–H groups in total. The van der Waals surface area contributed by atoms with Crippen molar-refractivity contribution in [3.63, 3.8) is 0 Å². The number of aromatic nitrogens is 2. The topological polar surface area (TPSA) is 74.2 Å². The van der Waals surface area contributed by atoms with Crippen LogP contribution in [0.5, 0.6) is 0 Å². The molecule has 1 aromatic carbocycles. The molecule has 0 aliphatic carbocycles. The minimum Gasteiger partial charge on any atom is -0.398 e. The Labute approximate surface area is 122 Å². The molecule has 0 saturated heterocycles. The highest BCUT2D eigenvalue weighted by Crippen LogP contribution is 2.25. The van der Waals surface area contributed by atoms with Gasteiger partial charge in [0, 0.05) is 22.1 Å². The van der Waals surface area contributed by atoms with Crippen LogP contribution in [0.1, 0.15) is 5.82 Å². The Morgan fingerprint density at radius 1 is 1.40 bits per heavy atom. The van der Waals surface area contributed by atoms with Gasteiger partial charge in [-0.15, -0.1) is 0 Å². The van der Waals surface area contributed by atoms with Crippen LogP contribution >= 0.6 is 15.9 Å². The van der Waals surface area contributed by atoms with Crippen LogP contribution in [0.25, 0.3) is 11.5 Å². The van der Waals surface area contributed by atoms with Crippen molar-refractivity contribution in [3.05, 3.63) is 28.5 Å². The molecule has 0 aliphatic rings. The van der Waals surface area contributed by atoms with E-state index in [-0.39, 0.29) is 6.61 Å². The molecule has 20 heavy (non-hydrogen) atoms. The van der Waals surface area contributed by atoms with Gasteiger partial charge in [-0.1, -0.05) is 5.16 Å². The summed E-state index contributed by atoms with van der Waals surface area (Å²) < 4.78 is 34.4. The maximum atomic E-state index is 11.9. The number of nitrogens with two attached hydrogens (primary N) is 1. The first kappa shape index (κ1) is 14.9. The number of halogens is 3. The Morgan fingerprint density at radius 3 is 2.90 bits per heavy atom. The molecule has 2 rings (SSSR count). The standard InChI is InChI=1S/C12H12BrF2N3O2/c13-8-2-1-7(5-9(8)16)12-17-11(18-20-12)3-4-19-6-10(14)15/h1-2,5,10H,3-4,6,16H2. The highest BCUT2D eigenvalue weighted by atomic mass is 79.9. The van der Waals surface area contributed by atoms with Crippen molar-refractivity contribution in [1.29, 1.82) is 0 Å². The molecule has 0 saturated carbocycles. The average Bonchev–Trinajstić information content (AvgIpc) is 2.86. The van der Waals surface area contributed by atoms with E-state index in [2.05, 4.69) is 26.1 Å². The molecule has 0 fully saturated rings. The quantitative estimate of drug-likeness (QED) is 0.642. The summed E-state index contributed by atoms with van der Waals surface area (Å²) >= 11 is 3.29. The first-order chi connectivity index (χ1) is 9.56. The van der Waals surface area contributed by atoms with Crippen LogP contribution in [-0.4, -0.2) is 29.8 Å². The van der Waals surface area contributed by atoms with E-state index in [9.17, 15) is 8.78 Å². The average molecular weight is 348 g/mol. The van der Waals surface area contributed by atoms with Gasteiger partial charge in [-0.25, -0.2) is 8.78 Å². The third kappa shape index (κ3) is 3.97. The number of anilines is 1. The van der Waals surface area contributed by atoms with E-state index < -0.39 is 13.0 Å². The third-order valence-electron chi connectivity index (χ3n) is 2.42. The van der Waals surface area contributed by atoms with Crippen LogP contribution in [0.2, 0.25) is 0 Å². The molecule has 0 aliphatic heterocycles. The normalized spacial score (nSPS) is 11.2. The maximum absolute atomic E-state index is 11.9. The fourth-order valence-electron chi connectivity index (χ4n) is 1.49. The molecular formula is C12H12BrF2N3O2. The van der Waals surface area contributed by atoms with Crippen LogP contribution in [0.4, 0.5) is 14.5 Å². The Balaban J connectivity index is 1.96. The summed E-state index contributed by atoms with van der Waals surface area (Å²) in [6, 6.07) is 5.26. The van der Waals surface area contributed by atoms with Crippen LogP contribution in [0.15, 0.2) is 27.2 Å². The summed E-state index contributed by atoms with van der Waals surface area (Å²) in [5.74, 6) is 0.726. The molecule has 1 heterocycles. The summed E-state index contributed by atoms with van der Waals surface area (Å²) in [6.07, 6.45) is -2.16. The summed E-state index contributed by atoms with van der Waals surface area (Å²) in [4.78, 5) is 4.15. The summed E-state index contributed by atoms with van der Waals surface area (Å²) in [6.45, 7) is -0.472. The molecule has 5 nitrogen and oxygen atoms in total. The molecule has 0 unspecified atom stereocenters. The van der Waals surface area contributed by atoms with Gasteiger partial charge in [0.25, 0.3) is 12.3 Å². The van der Waals surface area contributed by atoms with Gasteiger partial charge in [0.05, 0.1) is 6.61 Å². The van der Waals surface area contributed by atoms with Crippen molar-refractivity contribution >= 4 is 21.6 Å². The van der Waals surface area contributed by atoms with E-state index in [1.807, 2.05) is 0 Å². The van der Waals surface area contributed by atoms with E-state index in [1.54, 1.807) is 18.2 Å². The number of ether oxygens (including phenoxy) is 1. The largest absolute Gasteiger partial charge is 0.398 e. The van der Waals surface area contributed by atoms with E-state index in [1.165, 1.54) is 0 Å². The SMILES string of the molecule is Nc1cc(-c2nc(CCOCC(F)F)no2)ccc1Br. The number of nitrogens with zero attached hydrogens (tertiary/aromatic N) is 2. The zero-order valence-corrected chi connectivity index (χ0v) is 11.9. The molecule has 0 atom stereocenters.